The summed E-state index contributed by atoms with van der Waals surface area (Å²) in [4.78, 5) is 15.7. The Balaban J connectivity index is 3.09. The molecule has 118 valence electrons. The molecule has 0 aliphatic carbocycles. The third-order valence-electron chi connectivity index (χ3n) is 2.48. The molecule has 0 saturated heterocycles. The van der Waals surface area contributed by atoms with Crippen LogP contribution in [0.3, 0.4) is 0 Å². The molecular formula is C14H20ClFN2O3. The van der Waals surface area contributed by atoms with Crippen molar-refractivity contribution in [3.63, 3.8) is 0 Å². The molecule has 1 aromatic rings. The maximum atomic E-state index is 14.0. The van der Waals surface area contributed by atoms with Crippen molar-refractivity contribution < 1.29 is 19.0 Å². The first kappa shape index (κ1) is 17.7. The van der Waals surface area contributed by atoms with Gasteiger partial charge >= 0.3 is 6.09 Å². The minimum absolute atomic E-state index is 0.0116. The van der Waals surface area contributed by atoms with Crippen molar-refractivity contribution in [1.29, 1.82) is 0 Å². The number of carbonyl (C=O) groups is 1. The molecular weight excluding hydrogens is 299 g/mol. The highest BCUT2D eigenvalue weighted by Gasteiger charge is 2.33. The second-order valence-corrected chi connectivity index (χ2v) is 6.56. The summed E-state index contributed by atoms with van der Waals surface area (Å²) in [7, 11) is 0. The van der Waals surface area contributed by atoms with Gasteiger partial charge in [-0.3, -0.25) is 5.32 Å². The Morgan fingerprint density at radius 2 is 2.00 bits per heavy atom. The van der Waals surface area contributed by atoms with Crippen LogP contribution in [0.25, 0.3) is 0 Å². The molecule has 0 spiro atoms. The monoisotopic (exact) mass is 318 g/mol. The zero-order valence-electron chi connectivity index (χ0n) is 12.7. The van der Waals surface area contributed by atoms with Crippen LogP contribution in [-0.4, -0.2) is 27.5 Å². The van der Waals surface area contributed by atoms with Crippen LogP contribution in [0, 0.1) is 0 Å². The number of halogens is 2. The van der Waals surface area contributed by atoms with Crippen molar-refractivity contribution in [1.82, 2.24) is 4.98 Å². The van der Waals surface area contributed by atoms with E-state index >= 15 is 0 Å². The zero-order valence-corrected chi connectivity index (χ0v) is 13.5. The summed E-state index contributed by atoms with van der Waals surface area (Å²) in [5.41, 5.74) is -2.63. The molecule has 0 bridgehead atoms. The summed E-state index contributed by atoms with van der Waals surface area (Å²) in [5.74, 6) is -0.0324. The summed E-state index contributed by atoms with van der Waals surface area (Å²) >= 11 is 5.99. The Bertz CT molecular complexity index is 524. The number of nitrogens with zero attached hydrogens (tertiary/aromatic N) is 1. The van der Waals surface area contributed by atoms with Crippen LogP contribution < -0.4 is 5.32 Å². The highest BCUT2D eigenvalue weighted by Crippen LogP contribution is 2.36. The number of nitrogens with one attached hydrogen (secondary N) is 1. The fourth-order valence-corrected chi connectivity index (χ4v) is 1.80. The molecule has 0 aliphatic rings. The van der Waals surface area contributed by atoms with E-state index in [1.807, 2.05) is 0 Å². The SMILES string of the molecule is CC(C)(C)OC(=O)Nc1nccc(Cl)c1C(O)C(C)(C)F. The molecule has 0 fully saturated rings. The largest absolute Gasteiger partial charge is 0.444 e. The molecule has 0 saturated carbocycles. The van der Waals surface area contributed by atoms with Crippen LogP contribution in [0.5, 0.6) is 0 Å². The van der Waals surface area contributed by atoms with Crippen LogP contribution in [0.4, 0.5) is 15.0 Å². The number of pyridine rings is 1. The van der Waals surface area contributed by atoms with Crippen LogP contribution >= 0.6 is 11.6 Å². The fourth-order valence-electron chi connectivity index (χ4n) is 1.55. The highest BCUT2D eigenvalue weighted by atomic mass is 35.5. The van der Waals surface area contributed by atoms with Gasteiger partial charge in [-0.15, -0.1) is 0 Å². The molecule has 1 amide bonds. The predicted octanol–water partition coefficient (Wildman–Crippen LogP) is 3.86. The maximum absolute atomic E-state index is 14.0. The zero-order chi connectivity index (χ0) is 16.4. The average molecular weight is 319 g/mol. The van der Waals surface area contributed by atoms with Crippen molar-refractivity contribution in [2.45, 2.75) is 52.0 Å². The molecule has 1 aromatic heterocycles. The minimum Gasteiger partial charge on any atom is -0.444 e. The van der Waals surface area contributed by atoms with E-state index < -0.39 is 23.5 Å². The Morgan fingerprint density at radius 1 is 1.43 bits per heavy atom. The number of amides is 1. The molecule has 1 unspecified atom stereocenters. The van der Waals surface area contributed by atoms with Gasteiger partial charge in [0.1, 0.15) is 23.2 Å². The summed E-state index contributed by atoms with van der Waals surface area (Å²) in [6.45, 7) is 7.53. The van der Waals surface area contributed by atoms with Crippen molar-refractivity contribution in [3.8, 4) is 0 Å². The molecule has 1 heterocycles. The third-order valence-corrected chi connectivity index (χ3v) is 2.81. The first-order valence-corrected chi connectivity index (χ1v) is 6.81. The maximum Gasteiger partial charge on any atom is 0.413 e. The third kappa shape index (κ3) is 5.13. The highest BCUT2D eigenvalue weighted by molar-refractivity contribution is 6.31. The van der Waals surface area contributed by atoms with Crippen molar-refractivity contribution >= 4 is 23.5 Å². The Kier molecular flexibility index (Phi) is 5.17. The van der Waals surface area contributed by atoms with Gasteiger partial charge in [0.25, 0.3) is 0 Å². The van der Waals surface area contributed by atoms with Gasteiger partial charge in [0.15, 0.2) is 0 Å². The van der Waals surface area contributed by atoms with E-state index in [0.717, 1.165) is 0 Å². The lowest BCUT2D eigenvalue weighted by molar-refractivity contribution is 0.0164. The smallest absolute Gasteiger partial charge is 0.413 e. The van der Waals surface area contributed by atoms with Crippen LogP contribution in [0.2, 0.25) is 5.02 Å². The van der Waals surface area contributed by atoms with Crippen molar-refractivity contribution in [2.24, 2.45) is 0 Å². The van der Waals surface area contributed by atoms with Crippen molar-refractivity contribution in [3.05, 3.63) is 22.8 Å². The van der Waals surface area contributed by atoms with Crippen LogP contribution in [0.1, 0.15) is 46.3 Å². The second kappa shape index (κ2) is 6.15. The molecule has 21 heavy (non-hydrogen) atoms. The summed E-state index contributed by atoms with van der Waals surface area (Å²) in [5, 5.41) is 12.6. The van der Waals surface area contributed by atoms with Gasteiger partial charge in [-0.05, 0) is 40.7 Å². The topological polar surface area (TPSA) is 71.5 Å². The number of anilines is 1. The van der Waals surface area contributed by atoms with E-state index in [1.54, 1.807) is 20.8 Å². The number of rotatable bonds is 3. The fraction of sp³-hybridized carbons (Fsp3) is 0.571. The van der Waals surface area contributed by atoms with Gasteiger partial charge in [0.05, 0.1) is 5.02 Å². The Hall–Kier alpha value is -1.40. The quantitative estimate of drug-likeness (QED) is 0.887. The number of hydrogen-bond acceptors (Lipinski definition) is 4. The number of alkyl halides is 1. The number of hydrogen-bond donors (Lipinski definition) is 2. The lowest BCUT2D eigenvalue weighted by Gasteiger charge is -2.25. The van der Waals surface area contributed by atoms with Crippen LogP contribution in [0.15, 0.2) is 12.3 Å². The first-order valence-electron chi connectivity index (χ1n) is 6.43. The summed E-state index contributed by atoms with van der Waals surface area (Å²) in [6.07, 6.45) is -0.956. The predicted molar refractivity (Wildman–Crippen MR) is 79.3 cm³/mol. The number of aliphatic hydroxyl groups is 1. The van der Waals surface area contributed by atoms with Gasteiger partial charge in [-0.1, -0.05) is 11.6 Å². The Morgan fingerprint density at radius 3 is 2.48 bits per heavy atom. The van der Waals surface area contributed by atoms with E-state index in [4.69, 9.17) is 16.3 Å². The second-order valence-electron chi connectivity index (χ2n) is 6.15. The molecule has 0 aliphatic heterocycles. The van der Waals surface area contributed by atoms with E-state index in [2.05, 4.69) is 10.3 Å². The molecule has 0 radical (unpaired) electrons. The molecule has 5 nitrogen and oxygen atoms in total. The number of aromatic nitrogens is 1. The lowest BCUT2D eigenvalue weighted by Crippen LogP contribution is -2.29. The Labute approximate surface area is 128 Å². The standard InChI is InChI=1S/C14H20ClFN2O3/c1-13(2,3)21-12(20)18-11-9(8(15)6-7-17-11)10(19)14(4,5)16/h6-7,10,19H,1-5H3,(H,17,18,20). The molecule has 2 N–H and O–H groups in total. The van der Waals surface area contributed by atoms with E-state index in [9.17, 15) is 14.3 Å². The molecule has 0 aromatic carbocycles. The minimum atomic E-state index is -1.95. The average Bonchev–Trinajstić information content (AvgIpc) is 2.24. The summed E-state index contributed by atoms with van der Waals surface area (Å²) < 4.78 is 19.0. The first-order chi connectivity index (χ1) is 9.42. The van der Waals surface area contributed by atoms with Gasteiger partial charge in [0, 0.05) is 11.8 Å². The van der Waals surface area contributed by atoms with E-state index in [0.29, 0.717) is 0 Å². The number of aliphatic hydroxyl groups excluding tert-OH is 1. The van der Waals surface area contributed by atoms with E-state index in [1.165, 1.54) is 26.1 Å². The normalized spacial score (nSPS) is 13.7. The van der Waals surface area contributed by atoms with Gasteiger partial charge < -0.3 is 9.84 Å². The lowest BCUT2D eigenvalue weighted by atomic mass is 9.97. The molecule has 7 heteroatoms. The van der Waals surface area contributed by atoms with E-state index in [-0.39, 0.29) is 16.4 Å². The van der Waals surface area contributed by atoms with Gasteiger partial charge in [0.2, 0.25) is 0 Å². The molecule has 1 rings (SSSR count). The van der Waals surface area contributed by atoms with Gasteiger partial charge in [-0.2, -0.15) is 0 Å². The van der Waals surface area contributed by atoms with Crippen molar-refractivity contribution in [2.75, 3.05) is 5.32 Å². The number of ether oxygens (including phenoxy) is 1. The number of carbonyl (C=O) groups excluding carboxylic acids is 1. The van der Waals surface area contributed by atoms with Gasteiger partial charge in [-0.25, -0.2) is 14.2 Å². The summed E-state index contributed by atoms with van der Waals surface area (Å²) in [6, 6.07) is 1.41. The van der Waals surface area contributed by atoms with Crippen LogP contribution in [-0.2, 0) is 4.74 Å². The molecule has 1 atom stereocenters.